The highest BCUT2D eigenvalue weighted by Crippen LogP contribution is 2.17. The van der Waals surface area contributed by atoms with Crippen LogP contribution in [0.25, 0.3) is 0 Å². The number of nitrogens with two attached hydrogens (primary N) is 1. The fraction of sp³-hybridized carbons (Fsp3) is 0.500. The summed E-state index contributed by atoms with van der Waals surface area (Å²) in [5, 5.41) is 0. The number of carbonyl (C=O) groups is 1. The van der Waals surface area contributed by atoms with Gasteiger partial charge in [0, 0.05) is 36.8 Å². The van der Waals surface area contributed by atoms with E-state index < -0.39 is 0 Å². The number of ether oxygens (including phenoxy) is 1. The van der Waals surface area contributed by atoms with Crippen molar-refractivity contribution in [2.75, 3.05) is 20.2 Å². The Balaban J connectivity index is 0.00000400. The number of methoxy groups -OCH3 is 1. The van der Waals surface area contributed by atoms with Crippen molar-refractivity contribution in [1.82, 2.24) is 4.90 Å². The maximum Gasteiger partial charge on any atom is 0.225 e. The third-order valence-corrected chi connectivity index (χ3v) is 3.60. The van der Waals surface area contributed by atoms with Crippen molar-refractivity contribution in [2.45, 2.75) is 26.0 Å². The Morgan fingerprint density at radius 2 is 2.19 bits per heavy atom. The number of amides is 1. The van der Waals surface area contributed by atoms with Crippen LogP contribution in [0.1, 0.15) is 18.9 Å². The SMILES string of the molecule is CCN(Cc1cc(Br)ccc1F)C(=O)CC(CN)OC.Cl. The minimum absolute atomic E-state index is 0. The van der Waals surface area contributed by atoms with Crippen LogP contribution in [0.5, 0.6) is 0 Å². The van der Waals surface area contributed by atoms with Crippen LogP contribution in [0.3, 0.4) is 0 Å². The molecular formula is C14H21BrClFN2O2. The van der Waals surface area contributed by atoms with Crippen LogP contribution in [-0.4, -0.2) is 37.1 Å². The highest BCUT2D eigenvalue weighted by Gasteiger charge is 2.18. The van der Waals surface area contributed by atoms with E-state index >= 15 is 0 Å². The summed E-state index contributed by atoms with van der Waals surface area (Å²) >= 11 is 3.30. The molecule has 1 atom stereocenters. The Kier molecular flexibility index (Phi) is 9.77. The lowest BCUT2D eigenvalue weighted by atomic mass is 10.1. The van der Waals surface area contributed by atoms with Crippen LogP contribution in [-0.2, 0) is 16.1 Å². The zero-order valence-corrected chi connectivity index (χ0v) is 14.5. The van der Waals surface area contributed by atoms with Gasteiger partial charge in [-0.15, -0.1) is 12.4 Å². The van der Waals surface area contributed by atoms with E-state index in [1.54, 1.807) is 17.0 Å². The van der Waals surface area contributed by atoms with Crippen molar-refractivity contribution in [2.24, 2.45) is 5.73 Å². The lowest BCUT2D eigenvalue weighted by molar-refractivity contribution is -0.134. The summed E-state index contributed by atoms with van der Waals surface area (Å²) in [6.07, 6.45) is -0.0971. The molecule has 0 saturated heterocycles. The first-order chi connectivity index (χ1) is 9.51. The van der Waals surface area contributed by atoms with Crippen molar-refractivity contribution >= 4 is 34.2 Å². The number of carbonyl (C=O) groups excluding carboxylic acids is 1. The van der Waals surface area contributed by atoms with Gasteiger partial charge in [0.15, 0.2) is 0 Å². The molecule has 0 heterocycles. The van der Waals surface area contributed by atoms with Crippen LogP contribution in [0.2, 0.25) is 0 Å². The lowest BCUT2D eigenvalue weighted by Crippen LogP contribution is -2.35. The molecule has 0 radical (unpaired) electrons. The van der Waals surface area contributed by atoms with Gasteiger partial charge < -0.3 is 15.4 Å². The Morgan fingerprint density at radius 1 is 1.52 bits per heavy atom. The molecule has 120 valence electrons. The monoisotopic (exact) mass is 382 g/mol. The lowest BCUT2D eigenvalue weighted by Gasteiger charge is -2.23. The third-order valence-electron chi connectivity index (χ3n) is 3.10. The molecule has 1 aromatic carbocycles. The molecule has 0 aromatic heterocycles. The first-order valence-corrected chi connectivity index (χ1v) is 7.25. The van der Waals surface area contributed by atoms with Gasteiger partial charge in [-0.3, -0.25) is 4.79 Å². The van der Waals surface area contributed by atoms with E-state index in [9.17, 15) is 9.18 Å². The molecule has 0 aliphatic rings. The zero-order valence-electron chi connectivity index (χ0n) is 12.1. The van der Waals surface area contributed by atoms with E-state index in [2.05, 4.69) is 15.9 Å². The van der Waals surface area contributed by atoms with Crippen molar-refractivity contribution in [3.05, 3.63) is 34.1 Å². The molecule has 1 aromatic rings. The van der Waals surface area contributed by atoms with Crippen molar-refractivity contribution in [3.8, 4) is 0 Å². The van der Waals surface area contributed by atoms with Gasteiger partial charge in [0.25, 0.3) is 0 Å². The molecule has 0 spiro atoms. The first kappa shape index (κ1) is 20.3. The molecule has 1 amide bonds. The smallest absolute Gasteiger partial charge is 0.225 e. The van der Waals surface area contributed by atoms with Gasteiger partial charge in [0.2, 0.25) is 5.91 Å². The summed E-state index contributed by atoms with van der Waals surface area (Å²) in [6.45, 7) is 2.89. The number of hydrogen-bond donors (Lipinski definition) is 1. The fourth-order valence-electron chi connectivity index (χ4n) is 1.83. The van der Waals surface area contributed by atoms with Crippen molar-refractivity contribution in [3.63, 3.8) is 0 Å². The Hall–Kier alpha value is -0.690. The summed E-state index contributed by atoms with van der Waals surface area (Å²) in [4.78, 5) is 13.7. The quantitative estimate of drug-likeness (QED) is 0.787. The van der Waals surface area contributed by atoms with Gasteiger partial charge in [-0.25, -0.2) is 4.39 Å². The minimum atomic E-state index is -0.318. The predicted octanol–water partition coefficient (Wildman–Crippen LogP) is 2.72. The second kappa shape index (κ2) is 10.1. The van der Waals surface area contributed by atoms with E-state index in [4.69, 9.17) is 10.5 Å². The summed E-state index contributed by atoms with van der Waals surface area (Å²) in [5.41, 5.74) is 5.99. The van der Waals surface area contributed by atoms with Gasteiger partial charge in [-0.05, 0) is 25.1 Å². The molecule has 0 fully saturated rings. The van der Waals surface area contributed by atoms with E-state index in [1.807, 2.05) is 6.92 Å². The predicted molar refractivity (Wildman–Crippen MR) is 86.9 cm³/mol. The standard InChI is InChI=1S/C14H20BrFN2O2.ClH/c1-3-18(14(19)7-12(8-17)20-2)9-10-6-11(15)4-5-13(10)16;/h4-6,12H,3,7-9,17H2,1-2H3;1H. The number of nitrogens with zero attached hydrogens (tertiary/aromatic N) is 1. The van der Waals surface area contributed by atoms with Gasteiger partial charge >= 0.3 is 0 Å². The number of rotatable bonds is 7. The minimum Gasteiger partial charge on any atom is -0.380 e. The van der Waals surface area contributed by atoms with Crippen LogP contribution in [0.4, 0.5) is 4.39 Å². The van der Waals surface area contributed by atoms with Crippen LogP contribution >= 0.6 is 28.3 Å². The second-order valence-corrected chi connectivity index (χ2v) is 5.36. The molecule has 21 heavy (non-hydrogen) atoms. The molecular weight excluding hydrogens is 363 g/mol. The van der Waals surface area contributed by atoms with E-state index in [1.165, 1.54) is 13.2 Å². The molecule has 2 N–H and O–H groups in total. The first-order valence-electron chi connectivity index (χ1n) is 6.46. The Morgan fingerprint density at radius 3 is 2.71 bits per heavy atom. The van der Waals surface area contributed by atoms with Crippen LogP contribution in [0, 0.1) is 5.82 Å². The van der Waals surface area contributed by atoms with Gasteiger partial charge in [0.1, 0.15) is 5.82 Å². The number of halogens is 3. The number of benzene rings is 1. The second-order valence-electron chi connectivity index (χ2n) is 4.44. The summed E-state index contributed by atoms with van der Waals surface area (Å²) in [6, 6.07) is 4.70. The molecule has 0 aliphatic heterocycles. The molecule has 0 aliphatic carbocycles. The van der Waals surface area contributed by atoms with Crippen LogP contribution in [0.15, 0.2) is 22.7 Å². The topological polar surface area (TPSA) is 55.6 Å². The van der Waals surface area contributed by atoms with Crippen LogP contribution < -0.4 is 5.73 Å². The van der Waals surface area contributed by atoms with E-state index in [-0.39, 0.29) is 49.7 Å². The normalized spacial score (nSPS) is 11.7. The highest BCUT2D eigenvalue weighted by molar-refractivity contribution is 9.10. The fourth-order valence-corrected chi connectivity index (χ4v) is 2.24. The molecule has 0 saturated carbocycles. The molecule has 0 bridgehead atoms. The Labute approximate surface area is 139 Å². The van der Waals surface area contributed by atoms with E-state index in [0.29, 0.717) is 12.1 Å². The third kappa shape index (κ3) is 6.30. The average Bonchev–Trinajstić information content (AvgIpc) is 2.45. The largest absolute Gasteiger partial charge is 0.380 e. The average molecular weight is 384 g/mol. The molecule has 1 rings (SSSR count). The highest BCUT2D eigenvalue weighted by atomic mass is 79.9. The van der Waals surface area contributed by atoms with E-state index in [0.717, 1.165) is 4.47 Å². The summed E-state index contributed by atoms with van der Waals surface area (Å²) in [5.74, 6) is -0.411. The van der Waals surface area contributed by atoms with Gasteiger partial charge in [0.05, 0.1) is 12.5 Å². The molecule has 7 heteroatoms. The maximum atomic E-state index is 13.7. The van der Waals surface area contributed by atoms with Crippen molar-refractivity contribution in [1.29, 1.82) is 0 Å². The zero-order chi connectivity index (χ0) is 15.1. The van der Waals surface area contributed by atoms with Crippen molar-refractivity contribution < 1.29 is 13.9 Å². The summed E-state index contributed by atoms with van der Waals surface area (Å²) in [7, 11) is 1.52. The molecule has 4 nitrogen and oxygen atoms in total. The van der Waals surface area contributed by atoms with Gasteiger partial charge in [-0.1, -0.05) is 15.9 Å². The Bertz CT molecular complexity index is 459. The summed E-state index contributed by atoms with van der Waals surface area (Å²) < 4.78 is 19.6. The maximum absolute atomic E-state index is 13.7. The van der Waals surface area contributed by atoms with Gasteiger partial charge in [-0.2, -0.15) is 0 Å². The number of hydrogen-bond acceptors (Lipinski definition) is 3. The molecule has 1 unspecified atom stereocenters.